The van der Waals surface area contributed by atoms with Crippen LogP contribution in [0.15, 0.2) is 83.8 Å². The largest absolute Gasteiger partial charge is 0.497 e. The maximum atomic E-state index is 13.6. The van der Waals surface area contributed by atoms with E-state index in [1.807, 2.05) is 92.7 Å². The SMILES string of the molecule is CCCNC(=O)[C@H](Cc1ccccc1)N(Cc1cccc(OC)c1)C(=O)CSc1ccc(C)cc1. The van der Waals surface area contributed by atoms with Gasteiger partial charge in [0.2, 0.25) is 11.8 Å². The highest BCUT2D eigenvalue weighted by molar-refractivity contribution is 8.00. The highest BCUT2D eigenvalue weighted by Gasteiger charge is 2.30. The second-order valence-corrected chi connectivity index (χ2v) is 9.52. The van der Waals surface area contributed by atoms with E-state index in [9.17, 15) is 9.59 Å². The molecule has 0 unspecified atom stereocenters. The molecule has 5 nitrogen and oxygen atoms in total. The van der Waals surface area contributed by atoms with E-state index < -0.39 is 6.04 Å². The van der Waals surface area contributed by atoms with Crippen LogP contribution in [0.1, 0.15) is 30.0 Å². The van der Waals surface area contributed by atoms with E-state index in [-0.39, 0.29) is 17.6 Å². The smallest absolute Gasteiger partial charge is 0.243 e. The van der Waals surface area contributed by atoms with E-state index in [2.05, 4.69) is 5.32 Å². The van der Waals surface area contributed by atoms with Crippen molar-refractivity contribution in [1.29, 1.82) is 0 Å². The van der Waals surface area contributed by atoms with Gasteiger partial charge in [-0.2, -0.15) is 0 Å². The molecule has 0 aliphatic rings. The van der Waals surface area contributed by atoms with Crippen LogP contribution in [0.2, 0.25) is 0 Å². The summed E-state index contributed by atoms with van der Waals surface area (Å²) in [5.41, 5.74) is 3.11. The van der Waals surface area contributed by atoms with Gasteiger partial charge in [-0.05, 0) is 48.7 Å². The standard InChI is InChI=1S/C29H34N2O3S/c1-4-17-30-29(33)27(19-23-9-6-5-7-10-23)31(20-24-11-8-12-25(18-24)34-3)28(32)21-35-26-15-13-22(2)14-16-26/h5-16,18,27H,4,17,19-21H2,1-3H3,(H,30,33)/t27-/m0/s1. The number of carbonyl (C=O) groups is 2. The Labute approximate surface area is 212 Å². The third kappa shape index (κ3) is 8.18. The topological polar surface area (TPSA) is 58.6 Å². The first-order valence-electron chi connectivity index (χ1n) is 11.9. The summed E-state index contributed by atoms with van der Waals surface area (Å²) < 4.78 is 5.38. The summed E-state index contributed by atoms with van der Waals surface area (Å²) in [6.45, 7) is 4.95. The van der Waals surface area contributed by atoms with E-state index in [1.54, 1.807) is 12.0 Å². The molecule has 3 rings (SSSR count). The van der Waals surface area contributed by atoms with Crippen LogP contribution in [0.3, 0.4) is 0 Å². The molecule has 0 fully saturated rings. The van der Waals surface area contributed by atoms with E-state index in [0.29, 0.717) is 19.5 Å². The van der Waals surface area contributed by atoms with E-state index in [1.165, 1.54) is 17.3 Å². The third-order valence-corrected chi connectivity index (χ3v) is 6.69. The quantitative estimate of drug-likeness (QED) is 0.352. The number of hydrogen-bond acceptors (Lipinski definition) is 4. The van der Waals surface area contributed by atoms with Crippen LogP contribution < -0.4 is 10.1 Å². The predicted octanol–water partition coefficient (Wildman–Crippen LogP) is 5.26. The van der Waals surface area contributed by atoms with Crippen LogP contribution in [0.5, 0.6) is 5.75 Å². The van der Waals surface area contributed by atoms with Gasteiger partial charge in [0.15, 0.2) is 0 Å². The molecule has 3 aromatic rings. The summed E-state index contributed by atoms with van der Waals surface area (Å²) in [5.74, 6) is 0.761. The average Bonchev–Trinajstić information content (AvgIpc) is 2.89. The summed E-state index contributed by atoms with van der Waals surface area (Å²) in [7, 11) is 1.62. The molecule has 0 radical (unpaired) electrons. The van der Waals surface area contributed by atoms with E-state index in [0.717, 1.165) is 28.2 Å². The van der Waals surface area contributed by atoms with Gasteiger partial charge in [0.05, 0.1) is 12.9 Å². The Morgan fingerprint density at radius 2 is 1.69 bits per heavy atom. The van der Waals surface area contributed by atoms with Crippen molar-refractivity contribution in [2.45, 2.75) is 44.2 Å². The van der Waals surface area contributed by atoms with Crippen molar-refractivity contribution in [3.63, 3.8) is 0 Å². The fourth-order valence-electron chi connectivity index (χ4n) is 3.75. The molecule has 0 saturated heterocycles. The van der Waals surface area contributed by atoms with Crippen LogP contribution in [0, 0.1) is 6.92 Å². The van der Waals surface area contributed by atoms with Gasteiger partial charge < -0.3 is 15.0 Å². The van der Waals surface area contributed by atoms with Crippen molar-refractivity contribution in [2.24, 2.45) is 0 Å². The first kappa shape index (κ1) is 26.4. The molecule has 3 aromatic carbocycles. The van der Waals surface area contributed by atoms with Gasteiger partial charge in [-0.3, -0.25) is 9.59 Å². The number of hydrogen-bond donors (Lipinski definition) is 1. The summed E-state index contributed by atoms with van der Waals surface area (Å²) in [4.78, 5) is 29.7. The Morgan fingerprint density at radius 3 is 2.37 bits per heavy atom. The zero-order chi connectivity index (χ0) is 25.0. The third-order valence-electron chi connectivity index (χ3n) is 5.69. The Kier molecular flexibility index (Phi) is 10.2. The average molecular weight is 491 g/mol. The summed E-state index contributed by atoms with van der Waals surface area (Å²) in [6.07, 6.45) is 1.28. The summed E-state index contributed by atoms with van der Waals surface area (Å²) in [5, 5.41) is 3.01. The summed E-state index contributed by atoms with van der Waals surface area (Å²) >= 11 is 1.49. The lowest BCUT2D eigenvalue weighted by Gasteiger charge is -2.31. The van der Waals surface area contributed by atoms with Gasteiger partial charge >= 0.3 is 0 Å². The highest BCUT2D eigenvalue weighted by atomic mass is 32.2. The van der Waals surface area contributed by atoms with Crippen LogP contribution >= 0.6 is 11.8 Å². The predicted molar refractivity (Wildman–Crippen MR) is 143 cm³/mol. The van der Waals surface area contributed by atoms with Crippen LogP contribution in [-0.4, -0.2) is 42.2 Å². The second kappa shape index (κ2) is 13.6. The van der Waals surface area contributed by atoms with E-state index in [4.69, 9.17) is 4.74 Å². The Bertz CT molecular complexity index is 1090. The second-order valence-electron chi connectivity index (χ2n) is 8.47. The molecule has 1 atom stereocenters. The molecule has 0 bridgehead atoms. The number of ether oxygens (including phenoxy) is 1. The maximum Gasteiger partial charge on any atom is 0.243 e. The van der Waals surface area contributed by atoms with Gasteiger partial charge in [0.1, 0.15) is 11.8 Å². The number of carbonyl (C=O) groups excluding carboxylic acids is 2. The minimum absolute atomic E-state index is 0.0778. The fourth-order valence-corrected chi connectivity index (χ4v) is 4.53. The minimum Gasteiger partial charge on any atom is -0.497 e. The monoisotopic (exact) mass is 490 g/mol. The number of nitrogens with zero attached hydrogens (tertiary/aromatic N) is 1. The molecular formula is C29H34N2O3S. The van der Waals surface area contributed by atoms with Crippen LogP contribution in [0.4, 0.5) is 0 Å². The zero-order valence-electron chi connectivity index (χ0n) is 20.7. The summed E-state index contributed by atoms with van der Waals surface area (Å²) in [6, 6.07) is 25.0. The number of aryl methyl sites for hydroxylation is 1. The lowest BCUT2D eigenvalue weighted by atomic mass is 10.0. The Balaban J connectivity index is 1.89. The minimum atomic E-state index is -0.624. The normalized spacial score (nSPS) is 11.5. The fraction of sp³-hybridized carbons (Fsp3) is 0.310. The molecule has 0 aliphatic heterocycles. The van der Waals surface area contributed by atoms with Crippen LogP contribution in [-0.2, 0) is 22.6 Å². The van der Waals surface area contributed by atoms with Crippen molar-refractivity contribution in [1.82, 2.24) is 10.2 Å². The number of rotatable bonds is 12. The molecule has 0 aliphatic carbocycles. The molecule has 0 aromatic heterocycles. The molecule has 0 spiro atoms. The molecule has 0 saturated carbocycles. The van der Waals surface area contributed by atoms with Gasteiger partial charge in [-0.25, -0.2) is 0 Å². The number of benzene rings is 3. The van der Waals surface area contributed by atoms with Crippen LogP contribution in [0.25, 0.3) is 0 Å². The van der Waals surface area contributed by atoms with Gasteiger partial charge in [0.25, 0.3) is 0 Å². The number of amides is 2. The zero-order valence-corrected chi connectivity index (χ0v) is 21.5. The van der Waals surface area contributed by atoms with Crippen molar-refractivity contribution in [3.8, 4) is 5.75 Å². The van der Waals surface area contributed by atoms with Gasteiger partial charge in [0, 0.05) is 24.4 Å². The maximum absolute atomic E-state index is 13.6. The number of nitrogens with one attached hydrogen (secondary N) is 1. The molecule has 184 valence electrons. The highest BCUT2D eigenvalue weighted by Crippen LogP contribution is 2.22. The molecule has 1 N–H and O–H groups in total. The van der Waals surface area contributed by atoms with Gasteiger partial charge in [-0.1, -0.05) is 67.1 Å². The first-order valence-corrected chi connectivity index (χ1v) is 12.9. The first-order chi connectivity index (χ1) is 17.0. The molecule has 2 amide bonds. The molecule has 35 heavy (non-hydrogen) atoms. The lowest BCUT2D eigenvalue weighted by molar-refractivity contribution is -0.139. The number of methoxy groups -OCH3 is 1. The number of thioether (sulfide) groups is 1. The van der Waals surface area contributed by atoms with Gasteiger partial charge in [-0.15, -0.1) is 11.8 Å². The molecule has 6 heteroatoms. The molecule has 0 heterocycles. The van der Waals surface area contributed by atoms with E-state index >= 15 is 0 Å². The lowest BCUT2D eigenvalue weighted by Crippen LogP contribution is -2.51. The van der Waals surface area contributed by atoms with Crippen molar-refractivity contribution < 1.29 is 14.3 Å². The Hall–Kier alpha value is -3.25. The van der Waals surface area contributed by atoms with Crippen molar-refractivity contribution in [3.05, 3.63) is 95.6 Å². The Morgan fingerprint density at radius 1 is 0.971 bits per heavy atom. The van der Waals surface area contributed by atoms with Crippen molar-refractivity contribution >= 4 is 23.6 Å². The molecular weight excluding hydrogens is 456 g/mol. The van der Waals surface area contributed by atoms with Crippen molar-refractivity contribution in [2.75, 3.05) is 19.4 Å².